The third-order valence-electron chi connectivity index (χ3n) is 5.32. The van der Waals surface area contributed by atoms with Gasteiger partial charge in [-0.05, 0) is 67.7 Å². The summed E-state index contributed by atoms with van der Waals surface area (Å²) in [5, 5.41) is 20.3. The molecule has 1 N–H and O–H groups in total. The van der Waals surface area contributed by atoms with Crippen molar-refractivity contribution in [2.45, 2.75) is 18.7 Å². The van der Waals surface area contributed by atoms with Crippen LogP contribution in [0.15, 0.2) is 66.4 Å². The maximum absolute atomic E-state index is 13.4. The normalized spacial score (nSPS) is 14.5. The van der Waals surface area contributed by atoms with E-state index in [9.17, 15) is 22.8 Å². The predicted octanol–water partition coefficient (Wildman–Crippen LogP) is 4.15. The average molecular weight is 510 g/mol. The Morgan fingerprint density at radius 2 is 1.81 bits per heavy atom. The van der Waals surface area contributed by atoms with Crippen LogP contribution in [-0.2, 0) is 20.5 Å². The van der Waals surface area contributed by atoms with Crippen LogP contribution < -0.4 is 10.1 Å². The van der Waals surface area contributed by atoms with Gasteiger partial charge in [-0.25, -0.2) is 4.79 Å². The summed E-state index contributed by atoms with van der Waals surface area (Å²) < 4.78 is 51.3. The van der Waals surface area contributed by atoms with Crippen LogP contribution in [0.25, 0.3) is 0 Å². The summed E-state index contributed by atoms with van der Waals surface area (Å²) in [5.74, 6) is -1.49. The number of amides is 1. The minimum atomic E-state index is -4.83. The van der Waals surface area contributed by atoms with Gasteiger partial charge in [0, 0.05) is 19.3 Å². The Bertz CT molecular complexity index is 1340. The van der Waals surface area contributed by atoms with Crippen molar-refractivity contribution in [3.05, 3.63) is 83.1 Å². The zero-order valence-corrected chi connectivity index (χ0v) is 19.8. The van der Waals surface area contributed by atoms with Gasteiger partial charge in [0.2, 0.25) is 5.60 Å². The standard InChI is InChI=1S/C26H21F3N4O4/c1-25(16-36-21-9-5-17(13-30)6-10-21,37-23(34)19-4-3-11-33(2)15-19)24(35)32-20-8-7-18(14-31)22(12-20)26(27,28)29/h3-12H,15-16H2,1-2H3,(H,32,35)/t25-/m0/s1. The van der Waals surface area contributed by atoms with Gasteiger partial charge in [-0.3, -0.25) is 4.79 Å². The van der Waals surface area contributed by atoms with Crippen LogP contribution in [0.4, 0.5) is 18.9 Å². The molecule has 0 radical (unpaired) electrons. The quantitative estimate of drug-likeness (QED) is 0.557. The highest BCUT2D eigenvalue weighted by molar-refractivity contribution is 6.00. The monoisotopic (exact) mass is 510 g/mol. The summed E-state index contributed by atoms with van der Waals surface area (Å²) in [7, 11) is 1.74. The topological polar surface area (TPSA) is 115 Å². The zero-order valence-electron chi connectivity index (χ0n) is 19.8. The van der Waals surface area contributed by atoms with Crippen LogP contribution in [0, 0.1) is 22.7 Å². The molecule has 3 rings (SSSR count). The predicted molar refractivity (Wildman–Crippen MR) is 126 cm³/mol. The number of nitrogens with zero attached hydrogens (tertiary/aromatic N) is 3. The van der Waals surface area contributed by atoms with Gasteiger partial charge in [0.05, 0.1) is 34.4 Å². The van der Waals surface area contributed by atoms with Crippen molar-refractivity contribution in [1.29, 1.82) is 10.5 Å². The number of rotatable bonds is 7. The number of anilines is 1. The van der Waals surface area contributed by atoms with Crippen LogP contribution in [-0.4, -0.2) is 42.6 Å². The van der Waals surface area contributed by atoms with Gasteiger partial charge in [0.1, 0.15) is 12.4 Å². The van der Waals surface area contributed by atoms with Crippen molar-refractivity contribution in [1.82, 2.24) is 4.90 Å². The molecule has 0 saturated carbocycles. The molecule has 0 spiro atoms. The summed E-state index contributed by atoms with van der Waals surface area (Å²) in [5.41, 5.74) is -3.43. The number of nitriles is 2. The van der Waals surface area contributed by atoms with Crippen molar-refractivity contribution in [2.24, 2.45) is 0 Å². The number of ether oxygens (including phenoxy) is 2. The molecule has 0 fully saturated rings. The molecule has 0 saturated heterocycles. The summed E-state index contributed by atoms with van der Waals surface area (Å²) in [6.07, 6.45) is 0.0611. The summed E-state index contributed by atoms with van der Waals surface area (Å²) in [6.45, 7) is 0.993. The maximum atomic E-state index is 13.4. The largest absolute Gasteiger partial charge is 0.489 e. The summed E-state index contributed by atoms with van der Waals surface area (Å²) in [6, 6.07) is 12.1. The fourth-order valence-corrected chi connectivity index (χ4v) is 3.29. The van der Waals surface area contributed by atoms with Crippen molar-refractivity contribution < 1.29 is 32.2 Å². The Morgan fingerprint density at radius 1 is 1.11 bits per heavy atom. The highest BCUT2D eigenvalue weighted by atomic mass is 19.4. The second-order valence-electron chi connectivity index (χ2n) is 8.32. The Balaban J connectivity index is 1.88. The third kappa shape index (κ3) is 6.67. The van der Waals surface area contributed by atoms with Crippen molar-refractivity contribution in [3.63, 3.8) is 0 Å². The number of nitrogens with one attached hydrogen (secondary N) is 1. The molecule has 1 aliphatic heterocycles. The second-order valence-corrected chi connectivity index (χ2v) is 8.32. The van der Waals surface area contributed by atoms with E-state index in [0.29, 0.717) is 11.6 Å². The van der Waals surface area contributed by atoms with Crippen molar-refractivity contribution in [2.75, 3.05) is 25.5 Å². The van der Waals surface area contributed by atoms with Gasteiger partial charge in [0.25, 0.3) is 5.91 Å². The van der Waals surface area contributed by atoms with E-state index in [1.807, 2.05) is 6.07 Å². The van der Waals surface area contributed by atoms with Crippen LogP contribution in [0.3, 0.4) is 0 Å². The number of esters is 1. The molecule has 0 bridgehead atoms. The molecule has 11 heteroatoms. The number of benzene rings is 2. The number of carbonyl (C=O) groups excluding carboxylic acids is 2. The van der Waals surface area contributed by atoms with Crippen LogP contribution >= 0.6 is 0 Å². The average Bonchev–Trinajstić information content (AvgIpc) is 2.87. The fraction of sp³-hybridized carbons (Fsp3) is 0.231. The first-order valence-corrected chi connectivity index (χ1v) is 10.8. The highest BCUT2D eigenvalue weighted by Gasteiger charge is 2.40. The number of alkyl halides is 3. The SMILES string of the molecule is CN1C=CC=C(C(=O)O[C@@](C)(COc2ccc(C#N)cc2)C(=O)Nc2ccc(C#N)c(C(F)(F)F)c2)C1. The lowest BCUT2D eigenvalue weighted by atomic mass is 10.0. The number of hydrogen-bond donors (Lipinski definition) is 1. The summed E-state index contributed by atoms with van der Waals surface area (Å²) in [4.78, 5) is 27.8. The van der Waals surface area contributed by atoms with Gasteiger partial charge in [-0.1, -0.05) is 0 Å². The van der Waals surface area contributed by atoms with E-state index in [-0.39, 0.29) is 23.6 Å². The first-order chi connectivity index (χ1) is 17.4. The molecule has 2 aromatic rings. The minimum absolute atomic E-state index is 0.216. The number of likely N-dealkylation sites (N-methyl/N-ethyl adjacent to an activating group) is 1. The molecule has 0 unspecified atom stereocenters. The Labute approximate surface area is 210 Å². The van der Waals surface area contributed by atoms with Gasteiger partial charge < -0.3 is 19.7 Å². The Morgan fingerprint density at radius 3 is 2.41 bits per heavy atom. The molecule has 37 heavy (non-hydrogen) atoms. The molecule has 8 nitrogen and oxygen atoms in total. The molecular weight excluding hydrogens is 489 g/mol. The molecular formula is C26H21F3N4O4. The number of carbonyl (C=O) groups is 2. The first kappa shape index (κ1) is 26.8. The van der Waals surface area contributed by atoms with Crippen molar-refractivity contribution >= 4 is 17.6 Å². The number of allylic oxidation sites excluding steroid dienone is 2. The van der Waals surface area contributed by atoms with Crippen LogP contribution in [0.5, 0.6) is 5.75 Å². The lowest BCUT2D eigenvalue weighted by Gasteiger charge is -2.29. The van der Waals surface area contributed by atoms with E-state index >= 15 is 0 Å². The maximum Gasteiger partial charge on any atom is 0.417 e. The highest BCUT2D eigenvalue weighted by Crippen LogP contribution is 2.34. The third-order valence-corrected chi connectivity index (χ3v) is 5.32. The van der Waals surface area contributed by atoms with Crippen LogP contribution in [0.2, 0.25) is 0 Å². The van der Waals surface area contributed by atoms with E-state index in [2.05, 4.69) is 5.32 Å². The molecule has 1 heterocycles. The van der Waals surface area contributed by atoms with Crippen molar-refractivity contribution in [3.8, 4) is 17.9 Å². The van der Waals surface area contributed by atoms with Gasteiger partial charge in [0.15, 0.2) is 0 Å². The smallest absolute Gasteiger partial charge is 0.417 e. The number of hydrogen-bond acceptors (Lipinski definition) is 7. The Kier molecular flexibility index (Phi) is 7.88. The molecule has 0 aromatic heterocycles. The molecule has 1 amide bonds. The van der Waals surface area contributed by atoms with Gasteiger partial charge in [-0.2, -0.15) is 23.7 Å². The lowest BCUT2D eigenvalue weighted by Crippen LogP contribution is -2.49. The van der Waals surface area contributed by atoms with E-state index in [1.165, 1.54) is 43.3 Å². The van der Waals surface area contributed by atoms with Gasteiger partial charge in [-0.15, -0.1) is 0 Å². The Hall–Kier alpha value is -4.77. The number of halogens is 3. The minimum Gasteiger partial charge on any atom is -0.489 e. The molecule has 2 aromatic carbocycles. The fourth-order valence-electron chi connectivity index (χ4n) is 3.29. The van der Waals surface area contributed by atoms with E-state index in [0.717, 1.165) is 12.1 Å². The lowest BCUT2D eigenvalue weighted by molar-refractivity contribution is -0.164. The van der Waals surface area contributed by atoms with E-state index < -0.39 is 41.4 Å². The summed E-state index contributed by atoms with van der Waals surface area (Å²) >= 11 is 0. The molecule has 1 aliphatic rings. The molecule has 1 atom stereocenters. The van der Waals surface area contributed by atoms with E-state index in [1.54, 1.807) is 24.2 Å². The first-order valence-electron chi connectivity index (χ1n) is 10.8. The molecule has 190 valence electrons. The van der Waals surface area contributed by atoms with E-state index in [4.69, 9.17) is 20.0 Å². The van der Waals surface area contributed by atoms with Gasteiger partial charge >= 0.3 is 12.1 Å². The second kappa shape index (κ2) is 10.9. The molecule has 0 aliphatic carbocycles. The van der Waals surface area contributed by atoms with Crippen LogP contribution in [0.1, 0.15) is 23.6 Å². The zero-order chi connectivity index (χ0) is 27.2.